The highest BCUT2D eigenvalue weighted by Gasteiger charge is 2.22. The van der Waals surface area contributed by atoms with Gasteiger partial charge in [0.25, 0.3) is 0 Å². The Morgan fingerprint density at radius 3 is 2.55 bits per heavy atom. The van der Waals surface area contributed by atoms with Gasteiger partial charge in [-0.05, 0) is 37.3 Å². The van der Waals surface area contributed by atoms with E-state index >= 15 is 0 Å². The van der Waals surface area contributed by atoms with Crippen LogP contribution < -0.4 is 10.0 Å². The Bertz CT molecular complexity index is 495. The average molecular weight is 319 g/mol. The van der Waals surface area contributed by atoms with Crippen molar-refractivity contribution in [3.05, 3.63) is 15.8 Å². The molecule has 6 heteroatoms. The van der Waals surface area contributed by atoms with Crippen LogP contribution in [0.15, 0.2) is 10.3 Å². The van der Waals surface area contributed by atoms with Gasteiger partial charge in [0.2, 0.25) is 10.0 Å². The zero-order valence-electron chi connectivity index (χ0n) is 12.7. The van der Waals surface area contributed by atoms with Gasteiger partial charge in [-0.1, -0.05) is 26.7 Å². The summed E-state index contributed by atoms with van der Waals surface area (Å²) >= 11 is 1.52. The van der Waals surface area contributed by atoms with Crippen molar-refractivity contribution in [3.8, 4) is 0 Å². The fraction of sp³-hybridized carbons (Fsp3) is 0.714. The molecule has 0 radical (unpaired) electrons. The first-order valence-corrected chi connectivity index (χ1v) is 9.66. The normalized spacial score (nSPS) is 11.9. The van der Waals surface area contributed by atoms with Gasteiger partial charge >= 0.3 is 0 Å². The van der Waals surface area contributed by atoms with Gasteiger partial charge in [-0.15, -0.1) is 11.3 Å². The molecule has 0 spiro atoms. The van der Waals surface area contributed by atoms with Crippen LogP contribution >= 0.6 is 11.3 Å². The van der Waals surface area contributed by atoms with Crippen molar-refractivity contribution in [1.29, 1.82) is 0 Å². The number of nitrogens with one attached hydrogen (secondary N) is 2. The van der Waals surface area contributed by atoms with Crippen LogP contribution in [-0.4, -0.2) is 21.5 Å². The topological polar surface area (TPSA) is 58.2 Å². The molecule has 1 heterocycles. The van der Waals surface area contributed by atoms with E-state index in [1.54, 1.807) is 0 Å². The van der Waals surface area contributed by atoms with E-state index in [1.807, 2.05) is 12.3 Å². The molecular formula is C14H26N2O2S2. The minimum atomic E-state index is -3.38. The Labute approximate surface area is 127 Å². The minimum absolute atomic E-state index is 0.475. The minimum Gasteiger partial charge on any atom is -0.312 e. The number of hydrogen-bond donors (Lipinski definition) is 2. The van der Waals surface area contributed by atoms with Gasteiger partial charge < -0.3 is 5.32 Å². The van der Waals surface area contributed by atoms with E-state index < -0.39 is 10.0 Å². The maximum absolute atomic E-state index is 12.4. The van der Waals surface area contributed by atoms with E-state index in [9.17, 15) is 8.42 Å². The summed E-state index contributed by atoms with van der Waals surface area (Å²) in [5.41, 5.74) is 0.839. The van der Waals surface area contributed by atoms with Crippen LogP contribution in [0.4, 0.5) is 0 Å². The van der Waals surface area contributed by atoms with Crippen LogP contribution in [0.25, 0.3) is 0 Å². The van der Waals surface area contributed by atoms with Crippen LogP contribution in [-0.2, 0) is 16.6 Å². The molecule has 0 aromatic carbocycles. The summed E-state index contributed by atoms with van der Waals surface area (Å²) in [6.07, 6.45) is 4.07. The Morgan fingerprint density at radius 1 is 1.15 bits per heavy atom. The first-order chi connectivity index (χ1) is 9.53. The van der Waals surface area contributed by atoms with Crippen molar-refractivity contribution >= 4 is 21.4 Å². The van der Waals surface area contributed by atoms with Crippen LogP contribution in [0.3, 0.4) is 0 Å². The maximum atomic E-state index is 12.4. The average Bonchev–Trinajstić information content (AvgIpc) is 2.77. The molecule has 2 N–H and O–H groups in total. The first-order valence-electron chi connectivity index (χ1n) is 7.30. The van der Waals surface area contributed by atoms with Gasteiger partial charge in [0.05, 0.1) is 0 Å². The third kappa shape index (κ3) is 5.16. The number of thiophene rings is 1. The highest BCUT2D eigenvalue weighted by molar-refractivity contribution is 7.89. The third-order valence-corrected chi connectivity index (χ3v) is 5.97. The van der Waals surface area contributed by atoms with Crippen molar-refractivity contribution in [2.24, 2.45) is 0 Å². The smallest absolute Gasteiger partial charge is 0.241 e. The van der Waals surface area contributed by atoms with Gasteiger partial charge in [0.15, 0.2) is 0 Å². The standard InChI is InChI=1S/C14H26N2O2S2/c1-4-6-7-9-16-20(17,18)14-12(3)11-19-13(14)10-15-8-5-2/h11,15-16H,4-10H2,1-3H3. The lowest BCUT2D eigenvalue weighted by molar-refractivity contribution is 0.573. The SMILES string of the molecule is CCCCCNS(=O)(=O)c1c(C)csc1CNCCC. The summed E-state index contributed by atoms with van der Waals surface area (Å²) < 4.78 is 27.5. The molecule has 1 rings (SSSR count). The zero-order chi connectivity index (χ0) is 15.0. The second kappa shape index (κ2) is 8.77. The number of sulfonamides is 1. The van der Waals surface area contributed by atoms with E-state index in [1.165, 1.54) is 11.3 Å². The molecule has 116 valence electrons. The van der Waals surface area contributed by atoms with E-state index in [2.05, 4.69) is 23.9 Å². The van der Waals surface area contributed by atoms with Crippen molar-refractivity contribution in [1.82, 2.24) is 10.0 Å². The molecule has 0 amide bonds. The van der Waals surface area contributed by atoms with E-state index in [0.29, 0.717) is 18.0 Å². The second-order valence-electron chi connectivity index (χ2n) is 4.95. The molecular weight excluding hydrogens is 292 g/mol. The summed E-state index contributed by atoms with van der Waals surface area (Å²) in [6.45, 7) is 8.11. The number of aryl methyl sites for hydroxylation is 1. The third-order valence-electron chi connectivity index (χ3n) is 3.04. The molecule has 0 saturated heterocycles. The van der Waals surface area contributed by atoms with Gasteiger partial charge in [0, 0.05) is 18.0 Å². The van der Waals surface area contributed by atoms with E-state index in [-0.39, 0.29) is 0 Å². The van der Waals surface area contributed by atoms with Gasteiger partial charge in [-0.25, -0.2) is 13.1 Å². The van der Waals surface area contributed by atoms with Gasteiger partial charge in [-0.2, -0.15) is 0 Å². The largest absolute Gasteiger partial charge is 0.312 e. The van der Waals surface area contributed by atoms with Crippen molar-refractivity contribution in [2.45, 2.75) is 57.9 Å². The molecule has 0 aliphatic heterocycles. The summed E-state index contributed by atoms with van der Waals surface area (Å²) in [5, 5.41) is 5.19. The molecule has 0 atom stereocenters. The molecule has 0 aliphatic carbocycles. The summed E-state index contributed by atoms with van der Waals surface area (Å²) in [6, 6.07) is 0. The van der Waals surface area contributed by atoms with Crippen molar-refractivity contribution in [2.75, 3.05) is 13.1 Å². The Morgan fingerprint density at radius 2 is 1.90 bits per heavy atom. The molecule has 0 fully saturated rings. The lowest BCUT2D eigenvalue weighted by atomic mass is 10.3. The summed E-state index contributed by atoms with van der Waals surface area (Å²) in [5.74, 6) is 0. The summed E-state index contributed by atoms with van der Waals surface area (Å²) in [4.78, 5) is 1.38. The predicted molar refractivity (Wildman–Crippen MR) is 85.8 cm³/mol. The van der Waals surface area contributed by atoms with Crippen molar-refractivity contribution in [3.63, 3.8) is 0 Å². The first kappa shape index (κ1) is 17.6. The fourth-order valence-corrected chi connectivity index (χ4v) is 4.85. The zero-order valence-corrected chi connectivity index (χ0v) is 14.3. The van der Waals surface area contributed by atoms with Gasteiger partial charge in [-0.3, -0.25) is 0 Å². The molecule has 1 aromatic heterocycles. The monoisotopic (exact) mass is 318 g/mol. The van der Waals surface area contributed by atoms with E-state index in [4.69, 9.17) is 0 Å². The molecule has 4 nitrogen and oxygen atoms in total. The van der Waals surface area contributed by atoms with Gasteiger partial charge in [0.1, 0.15) is 4.90 Å². The van der Waals surface area contributed by atoms with Crippen LogP contribution in [0.2, 0.25) is 0 Å². The maximum Gasteiger partial charge on any atom is 0.241 e. The van der Waals surface area contributed by atoms with Crippen LogP contribution in [0.1, 0.15) is 50.0 Å². The number of unbranched alkanes of at least 4 members (excludes halogenated alkanes) is 2. The predicted octanol–water partition coefficient (Wildman–Crippen LogP) is 3.02. The molecule has 20 heavy (non-hydrogen) atoms. The number of hydrogen-bond acceptors (Lipinski definition) is 4. The lowest BCUT2D eigenvalue weighted by Crippen LogP contribution is -2.26. The second-order valence-corrected chi connectivity index (χ2v) is 7.62. The molecule has 0 bridgehead atoms. The molecule has 0 saturated carbocycles. The molecule has 0 unspecified atom stereocenters. The Hall–Kier alpha value is -0.430. The summed E-state index contributed by atoms with van der Waals surface area (Å²) in [7, 11) is -3.38. The Kier molecular flexibility index (Phi) is 7.72. The Balaban J connectivity index is 2.74. The highest BCUT2D eigenvalue weighted by Crippen LogP contribution is 2.26. The lowest BCUT2D eigenvalue weighted by Gasteiger charge is -2.09. The van der Waals surface area contributed by atoms with Crippen LogP contribution in [0, 0.1) is 6.92 Å². The van der Waals surface area contributed by atoms with Crippen molar-refractivity contribution < 1.29 is 8.42 Å². The quantitative estimate of drug-likeness (QED) is 0.652. The van der Waals surface area contributed by atoms with E-state index in [0.717, 1.165) is 42.7 Å². The van der Waals surface area contributed by atoms with Crippen LogP contribution in [0.5, 0.6) is 0 Å². The highest BCUT2D eigenvalue weighted by atomic mass is 32.2. The fourth-order valence-electron chi connectivity index (χ4n) is 2.00. The molecule has 0 aliphatic rings. The molecule has 1 aromatic rings. The number of rotatable bonds is 10.